The summed E-state index contributed by atoms with van der Waals surface area (Å²) in [7, 11) is 0. The fourth-order valence-electron chi connectivity index (χ4n) is 2.31. The van der Waals surface area contributed by atoms with Crippen molar-refractivity contribution in [3.63, 3.8) is 0 Å². The summed E-state index contributed by atoms with van der Waals surface area (Å²) in [6, 6.07) is 7.28. The number of carbonyl (C=O) groups excluding carboxylic acids is 2. The van der Waals surface area contributed by atoms with Gasteiger partial charge >= 0.3 is 0 Å². The number of likely N-dealkylation sites (tertiary alicyclic amines) is 1. The predicted molar refractivity (Wildman–Crippen MR) is 84.3 cm³/mol. The number of rotatable bonds is 6. The lowest BCUT2D eigenvalue weighted by molar-refractivity contribution is -0.127. The van der Waals surface area contributed by atoms with Gasteiger partial charge in [0.05, 0.1) is 0 Å². The minimum atomic E-state index is -0.0821. The Labute approximate surface area is 131 Å². The number of nitrogens with zero attached hydrogens (tertiary/aromatic N) is 1. The van der Waals surface area contributed by atoms with Gasteiger partial charge in [0, 0.05) is 38.2 Å². The van der Waals surface area contributed by atoms with Crippen molar-refractivity contribution in [3.05, 3.63) is 35.4 Å². The van der Waals surface area contributed by atoms with Crippen molar-refractivity contribution in [3.8, 4) is 0 Å². The number of halogens is 1. The van der Waals surface area contributed by atoms with Crippen LogP contribution in [0.1, 0.15) is 35.2 Å². The third-order valence-electron chi connectivity index (χ3n) is 3.51. The fraction of sp³-hybridized carbons (Fsp3) is 0.467. The van der Waals surface area contributed by atoms with E-state index in [4.69, 9.17) is 5.73 Å². The SMILES string of the molecule is Cl.NCc1ccc(C(=O)NCCCN2CCCC2=O)cc1. The van der Waals surface area contributed by atoms with Crippen LogP contribution in [0.15, 0.2) is 24.3 Å². The second kappa shape index (κ2) is 8.64. The maximum Gasteiger partial charge on any atom is 0.251 e. The molecule has 5 nitrogen and oxygen atoms in total. The Hall–Kier alpha value is -1.59. The lowest BCUT2D eigenvalue weighted by Gasteiger charge is -2.15. The fourth-order valence-corrected chi connectivity index (χ4v) is 2.31. The highest BCUT2D eigenvalue weighted by Crippen LogP contribution is 2.09. The standard InChI is InChI=1S/C15H21N3O2.ClH/c16-11-12-4-6-13(7-5-12)15(20)17-8-2-10-18-9-1-3-14(18)19;/h4-7H,1-3,8-11,16H2,(H,17,20);1H. The van der Waals surface area contributed by atoms with E-state index >= 15 is 0 Å². The Morgan fingerprint density at radius 2 is 2.00 bits per heavy atom. The summed E-state index contributed by atoms with van der Waals surface area (Å²) >= 11 is 0. The first-order chi connectivity index (χ1) is 9.70. The average molecular weight is 312 g/mol. The van der Waals surface area contributed by atoms with E-state index in [0.29, 0.717) is 25.1 Å². The second-order valence-electron chi connectivity index (χ2n) is 4.99. The number of amides is 2. The summed E-state index contributed by atoms with van der Waals surface area (Å²) < 4.78 is 0. The van der Waals surface area contributed by atoms with Crippen LogP contribution in [0, 0.1) is 0 Å². The van der Waals surface area contributed by atoms with E-state index in [-0.39, 0.29) is 24.2 Å². The first-order valence-electron chi connectivity index (χ1n) is 7.05. The molecule has 1 saturated heterocycles. The molecule has 1 fully saturated rings. The highest BCUT2D eigenvalue weighted by Gasteiger charge is 2.19. The molecule has 1 heterocycles. The van der Waals surface area contributed by atoms with Gasteiger partial charge in [-0.2, -0.15) is 0 Å². The summed E-state index contributed by atoms with van der Waals surface area (Å²) in [5, 5.41) is 2.87. The number of nitrogens with one attached hydrogen (secondary N) is 1. The minimum Gasteiger partial charge on any atom is -0.352 e. The molecule has 0 bridgehead atoms. The first kappa shape index (κ1) is 17.5. The molecule has 0 aromatic heterocycles. The van der Waals surface area contributed by atoms with E-state index in [1.54, 1.807) is 12.1 Å². The summed E-state index contributed by atoms with van der Waals surface area (Å²) in [5.74, 6) is 0.148. The van der Waals surface area contributed by atoms with Crippen LogP contribution in [0.25, 0.3) is 0 Å². The monoisotopic (exact) mass is 311 g/mol. The molecule has 2 rings (SSSR count). The van der Waals surface area contributed by atoms with Gasteiger partial charge in [-0.25, -0.2) is 0 Å². The Bertz CT molecular complexity index is 476. The van der Waals surface area contributed by atoms with Crippen molar-refractivity contribution in [1.29, 1.82) is 0 Å². The quantitative estimate of drug-likeness (QED) is 0.778. The maximum absolute atomic E-state index is 11.9. The molecule has 0 atom stereocenters. The molecule has 0 saturated carbocycles. The number of carbonyl (C=O) groups is 2. The van der Waals surface area contributed by atoms with Gasteiger partial charge in [-0.3, -0.25) is 9.59 Å². The second-order valence-corrected chi connectivity index (χ2v) is 4.99. The molecular formula is C15H22ClN3O2. The third kappa shape index (κ3) is 5.02. The van der Waals surface area contributed by atoms with Crippen LogP contribution in [0.2, 0.25) is 0 Å². The van der Waals surface area contributed by atoms with Crippen LogP contribution >= 0.6 is 12.4 Å². The predicted octanol–water partition coefficient (Wildman–Crippen LogP) is 1.31. The summed E-state index contributed by atoms with van der Waals surface area (Å²) in [4.78, 5) is 25.2. The van der Waals surface area contributed by atoms with Gasteiger partial charge in [-0.15, -0.1) is 12.4 Å². The molecule has 1 aromatic rings. The van der Waals surface area contributed by atoms with Crippen LogP contribution in [0.4, 0.5) is 0 Å². The Balaban J connectivity index is 0.00000220. The van der Waals surface area contributed by atoms with Gasteiger partial charge < -0.3 is 16.0 Å². The molecule has 1 aliphatic rings. The molecule has 6 heteroatoms. The largest absolute Gasteiger partial charge is 0.352 e. The molecular weight excluding hydrogens is 290 g/mol. The Kier molecular flexibility index (Phi) is 7.19. The van der Waals surface area contributed by atoms with E-state index < -0.39 is 0 Å². The molecule has 1 aliphatic heterocycles. The lowest BCUT2D eigenvalue weighted by atomic mass is 10.1. The summed E-state index contributed by atoms with van der Waals surface area (Å²) in [6.45, 7) is 2.64. The lowest BCUT2D eigenvalue weighted by Crippen LogP contribution is -2.30. The maximum atomic E-state index is 11.9. The number of hydrogen-bond donors (Lipinski definition) is 2. The molecule has 21 heavy (non-hydrogen) atoms. The van der Waals surface area contributed by atoms with E-state index in [0.717, 1.165) is 31.5 Å². The van der Waals surface area contributed by atoms with Crippen molar-refractivity contribution in [1.82, 2.24) is 10.2 Å². The zero-order chi connectivity index (χ0) is 14.4. The molecule has 1 aromatic carbocycles. The highest BCUT2D eigenvalue weighted by molar-refractivity contribution is 5.94. The van der Waals surface area contributed by atoms with Crippen molar-refractivity contribution >= 4 is 24.2 Å². The van der Waals surface area contributed by atoms with Gasteiger partial charge in [0.1, 0.15) is 0 Å². The van der Waals surface area contributed by atoms with Gasteiger partial charge in [-0.05, 0) is 30.5 Å². The van der Waals surface area contributed by atoms with Crippen LogP contribution in [-0.4, -0.2) is 36.3 Å². The molecule has 116 valence electrons. The average Bonchev–Trinajstić information content (AvgIpc) is 2.89. The van der Waals surface area contributed by atoms with Gasteiger partial charge in [-0.1, -0.05) is 12.1 Å². The van der Waals surface area contributed by atoms with Crippen LogP contribution < -0.4 is 11.1 Å². The number of hydrogen-bond acceptors (Lipinski definition) is 3. The van der Waals surface area contributed by atoms with E-state index in [2.05, 4.69) is 5.32 Å². The van der Waals surface area contributed by atoms with Crippen LogP contribution in [0.3, 0.4) is 0 Å². The van der Waals surface area contributed by atoms with Crippen LogP contribution in [0.5, 0.6) is 0 Å². The normalized spacial score (nSPS) is 14.0. The van der Waals surface area contributed by atoms with Gasteiger partial charge in [0.25, 0.3) is 5.91 Å². The Morgan fingerprint density at radius 3 is 2.57 bits per heavy atom. The van der Waals surface area contributed by atoms with E-state index in [1.165, 1.54) is 0 Å². The Morgan fingerprint density at radius 1 is 1.29 bits per heavy atom. The topological polar surface area (TPSA) is 75.4 Å². The molecule has 0 unspecified atom stereocenters. The van der Waals surface area contributed by atoms with Gasteiger partial charge in [0.2, 0.25) is 5.91 Å². The first-order valence-corrected chi connectivity index (χ1v) is 7.05. The smallest absolute Gasteiger partial charge is 0.251 e. The molecule has 2 amide bonds. The van der Waals surface area contributed by atoms with Gasteiger partial charge in [0.15, 0.2) is 0 Å². The van der Waals surface area contributed by atoms with Crippen molar-refractivity contribution in [2.45, 2.75) is 25.8 Å². The van der Waals surface area contributed by atoms with E-state index in [9.17, 15) is 9.59 Å². The summed E-state index contributed by atoms with van der Waals surface area (Å²) in [6.07, 6.45) is 2.41. The zero-order valence-corrected chi connectivity index (χ0v) is 12.8. The van der Waals surface area contributed by atoms with Crippen molar-refractivity contribution < 1.29 is 9.59 Å². The van der Waals surface area contributed by atoms with Crippen LogP contribution in [-0.2, 0) is 11.3 Å². The molecule has 3 N–H and O–H groups in total. The minimum absolute atomic E-state index is 0. The van der Waals surface area contributed by atoms with Crippen molar-refractivity contribution in [2.75, 3.05) is 19.6 Å². The molecule has 0 spiro atoms. The van der Waals surface area contributed by atoms with E-state index in [1.807, 2.05) is 17.0 Å². The number of benzene rings is 1. The highest BCUT2D eigenvalue weighted by atomic mass is 35.5. The molecule has 0 aliphatic carbocycles. The molecule has 0 radical (unpaired) electrons. The third-order valence-corrected chi connectivity index (χ3v) is 3.51. The number of nitrogens with two attached hydrogens (primary N) is 1. The summed E-state index contributed by atoms with van der Waals surface area (Å²) in [5.41, 5.74) is 7.16. The zero-order valence-electron chi connectivity index (χ0n) is 12.0. The van der Waals surface area contributed by atoms with Crippen molar-refractivity contribution in [2.24, 2.45) is 5.73 Å².